The van der Waals surface area contributed by atoms with Gasteiger partial charge in [0.2, 0.25) is 0 Å². The summed E-state index contributed by atoms with van der Waals surface area (Å²) in [5, 5.41) is 4.09. The van der Waals surface area contributed by atoms with Gasteiger partial charge < -0.3 is 5.32 Å². The third-order valence-electron chi connectivity index (χ3n) is 2.86. The van der Waals surface area contributed by atoms with Crippen LogP contribution in [0.25, 0.3) is 0 Å². The fourth-order valence-electron chi connectivity index (χ4n) is 1.96. The first-order chi connectivity index (χ1) is 9.20. The predicted octanol–water partition coefficient (Wildman–Crippen LogP) is 3.96. The molecule has 1 unspecified atom stereocenters. The summed E-state index contributed by atoms with van der Waals surface area (Å²) in [4.78, 5) is 3.92. The predicted molar refractivity (Wildman–Crippen MR) is 75.8 cm³/mol. The number of benzene rings is 1. The van der Waals surface area contributed by atoms with Crippen LogP contribution in [0.2, 0.25) is 5.02 Å². The molecule has 2 rings (SSSR count). The van der Waals surface area contributed by atoms with Gasteiger partial charge >= 0.3 is 0 Å². The van der Waals surface area contributed by atoms with Crippen LogP contribution in [-0.4, -0.2) is 11.5 Å². The van der Waals surface area contributed by atoms with Gasteiger partial charge in [0.1, 0.15) is 5.82 Å². The van der Waals surface area contributed by atoms with Crippen LogP contribution in [0.5, 0.6) is 0 Å². The van der Waals surface area contributed by atoms with Crippen molar-refractivity contribution in [2.24, 2.45) is 0 Å². The zero-order chi connectivity index (χ0) is 13.7. The fourth-order valence-corrected chi connectivity index (χ4v) is 2.08. The molecule has 0 saturated carbocycles. The number of hydrogen-bond donors (Lipinski definition) is 1. The Bertz CT molecular complexity index is 528. The molecule has 2 aromatic rings. The van der Waals surface area contributed by atoms with Crippen LogP contribution in [0.15, 0.2) is 42.7 Å². The van der Waals surface area contributed by atoms with Crippen molar-refractivity contribution < 1.29 is 4.39 Å². The summed E-state index contributed by atoms with van der Waals surface area (Å²) in [6.07, 6.45) is 3.90. The lowest BCUT2D eigenvalue weighted by molar-refractivity contribution is 0.580. The van der Waals surface area contributed by atoms with Crippen molar-refractivity contribution >= 4 is 11.6 Å². The zero-order valence-corrected chi connectivity index (χ0v) is 11.5. The van der Waals surface area contributed by atoms with Crippen molar-refractivity contribution in [2.45, 2.75) is 19.4 Å². The molecule has 1 aromatic heterocycles. The number of aromatic nitrogens is 1. The summed E-state index contributed by atoms with van der Waals surface area (Å²) >= 11 is 5.90. The summed E-state index contributed by atoms with van der Waals surface area (Å²) in [7, 11) is 0. The Morgan fingerprint density at radius 1 is 1.21 bits per heavy atom. The molecule has 1 atom stereocenters. The van der Waals surface area contributed by atoms with E-state index in [-0.39, 0.29) is 11.9 Å². The molecular formula is C15H16ClFN2. The first-order valence-corrected chi connectivity index (χ1v) is 6.68. The van der Waals surface area contributed by atoms with Crippen molar-refractivity contribution in [3.05, 3.63) is 64.7 Å². The normalized spacial score (nSPS) is 12.4. The molecule has 0 fully saturated rings. The maximum Gasteiger partial charge on any atom is 0.141 e. The van der Waals surface area contributed by atoms with Gasteiger partial charge in [-0.1, -0.05) is 30.7 Å². The third-order valence-corrected chi connectivity index (χ3v) is 3.11. The van der Waals surface area contributed by atoms with E-state index in [2.05, 4.69) is 17.2 Å². The SMILES string of the molecule is CCCNC(c1ccc(Cl)cc1)c1cncc(F)c1. The minimum Gasteiger partial charge on any atom is -0.306 e. The molecule has 0 saturated heterocycles. The molecule has 19 heavy (non-hydrogen) atoms. The van der Waals surface area contributed by atoms with Crippen LogP contribution in [-0.2, 0) is 0 Å². The van der Waals surface area contributed by atoms with Gasteiger partial charge in [0.25, 0.3) is 0 Å². The van der Waals surface area contributed by atoms with Crippen molar-refractivity contribution in [2.75, 3.05) is 6.54 Å². The molecule has 0 amide bonds. The van der Waals surface area contributed by atoms with E-state index in [9.17, 15) is 4.39 Å². The molecule has 0 radical (unpaired) electrons. The monoisotopic (exact) mass is 278 g/mol. The van der Waals surface area contributed by atoms with Gasteiger partial charge in [-0.3, -0.25) is 4.98 Å². The van der Waals surface area contributed by atoms with Gasteiger partial charge in [0.05, 0.1) is 12.2 Å². The highest BCUT2D eigenvalue weighted by molar-refractivity contribution is 6.30. The smallest absolute Gasteiger partial charge is 0.141 e. The lowest BCUT2D eigenvalue weighted by Crippen LogP contribution is -2.23. The van der Waals surface area contributed by atoms with Crippen LogP contribution in [0, 0.1) is 5.82 Å². The summed E-state index contributed by atoms with van der Waals surface area (Å²) in [6.45, 7) is 2.94. The van der Waals surface area contributed by atoms with E-state index >= 15 is 0 Å². The molecule has 1 heterocycles. The molecule has 1 N–H and O–H groups in total. The van der Waals surface area contributed by atoms with E-state index in [1.54, 1.807) is 6.20 Å². The van der Waals surface area contributed by atoms with E-state index in [1.165, 1.54) is 12.3 Å². The number of halogens is 2. The Morgan fingerprint density at radius 2 is 1.95 bits per heavy atom. The molecule has 4 heteroatoms. The highest BCUT2D eigenvalue weighted by atomic mass is 35.5. The minimum absolute atomic E-state index is 0.0691. The van der Waals surface area contributed by atoms with Gasteiger partial charge in [0.15, 0.2) is 0 Å². The van der Waals surface area contributed by atoms with Crippen molar-refractivity contribution in [1.29, 1.82) is 0 Å². The van der Waals surface area contributed by atoms with E-state index in [4.69, 9.17) is 11.6 Å². The standard InChI is InChI=1S/C15H16ClFN2/c1-2-7-19-15(11-3-5-13(16)6-4-11)12-8-14(17)10-18-9-12/h3-6,8-10,15,19H,2,7H2,1H3. The summed E-state index contributed by atoms with van der Waals surface area (Å²) in [5.41, 5.74) is 1.86. The lowest BCUT2D eigenvalue weighted by atomic mass is 10.00. The molecule has 2 nitrogen and oxygen atoms in total. The van der Waals surface area contributed by atoms with E-state index < -0.39 is 0 Å². The maximum absolute atomic E-state index is 13.3. The Kier molecular flexibility index (Phi) is 4.88. The van der Waals surface area contributed by atoms with Crippen LogP contribution < -0.4 is 5.32 Å². The number of nitrogens with one attached hydrogen (secondary N) is 1. The second-order valence-electron chi connectivity index (χ2n) is 4.38. The van der Waals surface area contributed by atoms with Crippen LogP contribution in [0.4, 0.5) is 4.39 Å². The Morgan fingerprint density at radius 3 is 2.58 bits per heavy atom. The maximum atomic E-state index is 13.3. The van der Waals surface area contributed by atoms with E-state index in [0.29, 0.717) is 5.02 Å². The molecule has 0 aliphatic heterocycles. The summed E-state index contributed by atoms with van der Waals surface area (Å²) in [5.74, 6) is -0.324. The van der Waals surface area contributed by atoms with Gasteiger partial charge in [-0.25, -0.2) is 4.39 Å². The summed E-state index contributed by atoms with van der Waals surface area (Å²) < 4.78 is 13.3. The average Bonchev–Trinajstić information content (AvgIpc) is 2.41. The number of nitrogens with zero attached hydrogens (tertiary/aromatic N) is 1. The topological polar surface area (TPSA) is 24.9 Å². The molecule has 0 spiro atoms. The largest absolute Gasteiger partial charge is 0.306 e. The zero-order valence-electron chi connectivity index (χ0n) is 10.7. The van der Waals surface area contributed by atoms with E-state index in [0.717, 1.165) is 24.1 Å². The van der Waals surface area contributed by atoms with Crippen LogP contribution in [0.3, 0.4) is 0 Å². The van der Waals surface area contributed by atoms with Crippen molar-refractivity contribution in [3.63, 3.8) is 0 Å². The van der Waals surface area contributed by atoms with Gasteiger partial charge in [-0.2, -0.15) is 0 Å². The number of rotatable bonds is 5. The third kappa shape index (κ3) is 3.75. The van der Waals surface area contributed by atoms with Gasteiger partial charge in [0, 0.05) is 11.2 Å². The first kappa shape index (κ1) is 14.0. The fraction of sp³-hybridized carbons (Fsp3) is 0.267. The Labute approximate surface area is 117 Å². The highest BCUT2D eigenvalue weighted by Gasteiger charge is 2.14. The second kappa shape index (κ2) is 6.64. The van der Waals surface area contributed by atoms with Crippen LogP contribution >= 0.6 is 11.6 Å². The van der Waals surface area contributed by atoms with Crippen molar-refractivity contribution in [3.8, 4) is 0 Å². The molecule has 0 aliphatic rings. The molecule has 0 bridgehead atoms. The van der Waals surface area contributed by atoms with Gasteiger partial charge in [-0.05, 0) is 42.3 Å². The van der Waals surface area contributed by atoms with Gasteiger partial charge in [-0.15, -0.1) is 0 Å². The van der Waals surface area contributed by atoms with Crippen molar-refractivity contribution in [1.82, 2.24) is 10.3 Å². The number of hydrogen-bond acceptors (Lipinski definition) is 2. The van der Waals surface area contributed by atoms with E-state index in [1.807, 2.05) is 24.3 Å². The minimum atomic E-state index is -0.324. The first-order valence-electron chi connectivity index (χ1n) is 6.30. The number of pyridine rings is 1. The molecule has 100 valence electrons. The Balaban J connectivity index is 2.32. The molecule has 1 aromatic carbocycles. The highest BCUT2D eigenvalue weighted by Crippen LogP contribution is 2.23. The quantitative estimate of drug-likeness (QED) is 0.895. The van der Waals surface area contributed by atoms with Crippen LogP contribution in [0.1, 0.15) is 30.5 Å². The molecular weight excluding hydrogens is 263 g/mol. The molecule has 0 aliphatic carbocycles. The average molecular weight is 279 g/mol. The lowest BCUT2D eigenvalue weighted by Gasteiger charge is -2.19. The Hall–Kier alpha value is -1.45. The summed E-state index contributed by atoms with van der Waals surface area (Å²) in [6, 6.07) is 9.00. The second-order valence-corrected chi connectivity index (χ2v) is 4.81.